The highest BCUT2D eigenvalue weighted by atomic mass is 19.1. The van der Waals surface area contributed by atoms with Crippen LogP contribution in [0.2, 0.25) is 0 Å². The molecule has 132 valence electrons. The van der Waals surface area contributed by atoms with E-state index in [-0.39, 0.29) is 17.8 Å². The van der Waals surface area contributed by atoms with Crippen molar-refractivity contribution in [2.24, 2.45) is 0 Å². The molecule has 0 bridgehead atoms. The van der Waals surface area contributed by atoms with Crippen LogP contribution in [0.15, 0.2) is 79.0 Å². The van der Waals surface area contributed by atoms with Crippen LogP contribution >= 0.6 is 0 Å². The second-order valence-electron chi connectivity index (χ2n) is 6.27. The maximum atomic E-state index is 13.3. The van der Waals surface area contributed by atoms with Crippen LogP contribution in [0, 0.1) is 5.82 Å². The highest BCUT2D eigenvalue weighted by Gasteiger charge is 2.23. The summed E-state index contributed by atoms with van der Waals surface area (Å²) in [4.78, 5) is 17.3. The molecule has 0 aliphatic carbocycles. The second-order valence-corrected chi connectivity index (χ2v) is 6.27. The van der Waals surface area contributed by atoms with E-state index in [0.717, 1.165) is 16.8 Å². The Labute approximate surface area is 152 Å². The number of hydrogen-bond acceptors (Lipinski definition) is 2. The topological polar surface area (TPSA) is 42.0 Å². The van der Waals surface area contributed by atoms with Crippen molar-refractivity contribution in [1.29, 1.82) is 0 Å². The maximum Gasteiger partial charge on any atom is 0.228 e. The highest BCUT2D eigenvalue weighted by Crippen LogP contribution is 2.23. The lowest BCUT2D eigenvalue weighted by molar-refractivity contribution is -0.123. The van der Waals surface area contributed by atoms with Gasteiger partial charge in [0.05, 0.1) is 12.0 Å². The maximum absolute atomic E-state index is 13.3. The molecule has 0 radical (unpaired) electrons. The van der Waals surface area contributed by atoms with E-state index >= 15 is 0 Å². The van der Waals surface area contributed by atoms with Gasteiger partial charge in [-0.15, -0.1) is 0 Å². The van der Waals surface area contributed by atoms with Gasteiger partial charge in [-0.05, 0) is 42.3 Å². The Balaban J connectivity index is 1.82. The Bertz CT molecular complexity index is 835. The van der Waals surface area contributed by atoms with Gasteiger partial charge in [0.25, 0.3) is 0 Å². The van der Waals surface area contributed by atoms with Crippen molar-refractivity contribution in [2.45, 2.75) is 25.3 Å². The van der Waals surface area contributed by atoms with E-state index < -0.39 is 5.92 Å². The number of nitrogens with zero attached hydrogens (tertiary/aromatic N) is 1. The first-order valence-electron chi connectivity index (χ1n) is 8.64. The van der Waals surface area contributed by atoms with Crippen molar-refractivity contribution in [1.82, 2.24) is 10.3 Å². The van der Waals surface area contributed by atoms with Crippen LogP contribution in [0.1, 0.15) is 35.7 Å². The molecule has 1 amide bonds. The van der Waals surface area contributed by atoms with Crippen LogP contribution < -0.4 is 5.32 Å². The van der Waals surface area contributed by atoms with Gasteiger partial charge in [0.15, 0.2) is 0 Å². The van der Waals surface area contributed by atoms with E-state index in [1.54, 1.807) is 18.3 Å². The fourth-order valence-electron chi connectivity index (χ4n) is 2.92. The summed E-state index contributed by atoms with van der Waals surface area (Å²) in [5.74, 6) is -0.848. The summed E-state index contributed by atoms with van der Waals surface area (Å²) < 4.78 is 13.3. The lowest BCUT2D eigenvalue weighted by Crippen LogP contribution is -2.32. The van der Waals surface area contributed by atoms with Gasteiger partial charge in [0.1, 0.15) is 5.82 Å². The number of pyridine rings is 1. The molecule has 0 spiro atoms. The van der Waals surface area contributed by atoms with E-state index in [2.05, 4.69) is 10.3 Å². The molecule has 2 aromatic carbocycles. The molecule has 26 heavy (non-hydrogen) atoms. The number of rotatable bonds is 6. The van der Waals surface area contributed by atoms with Crippen LogP contribution in [0.5, 0.6) is 0 Å². The van der Waals surface area contributed by atoms with Gasteiger partial charge in [-0.25, -0.2) is 4.39 Å². The Morgan fingerprint density at radius 1 is 0.962 bits per heavy atom. The molecule has 3 nitrogen and oxygen atoms in total. The average molecular weight is 348 g/mol. The van der Waals surface area contributed by atoms with Gasteiger partial charge in [0, 0.05) is 18.3 Å². The fraction of sp³-hybridized carbons (Fsp3) is 0.182. The third-order valence-corrected chi connectivity index (χ3v) is 4.39. The molecular weight excluding hydrogens is 327 g/mol. The molecular formula is C22H21FN2O. The van der Waals surface area contributed by atoms with E-state index in [9.17, 15) is 9.18 Å². The van der Waals surface area contributed by atoms with Crippen molar-refractivity contribution in [3.63, 3.8) is 0 Å². The van der Waals surface area contributed by atoms with Crippen LogP contribution in [-0.4, -0.2) is 10.9 Å². The monoisotopic (exact) mass is 348 g/mol. The fourth-order valence-corrected chi connectivity index (χ4v) is 2.92. The number of amides is 1. The molecule has 0 saturated heterocycles. The van der Waals surface area contributed by atoms with Crippen molar-refractivity contribution < 1.29 is 9.18 Å². The summed E-state index contributed by atoms with van der Waals surface area (Å²) in [5.41, 5.74) is 2.63. The van der Waals surface area contributed by atoms with E-state index in [1.807, 2.05) is 55.5 Å². The molecule has 1 N–H and O–H groups in total. The van der Waals surface area contributed by atoms with Crippen molar-refractivity contribution >= 4 is 5.91 Å². The van der Waals surface area contributed by atoms with Gasteiger partial charge in [0.2, 0.25) is 5.91 Å². The third kappa shape index (κ3) is 4.54. The Morgan fingerprint density at radius 2 is 1.65 bits per heavy atom. The standard InChI is InChI=1S/C22H21FN2O/c1-16(17-7-3-2-4-8-17)25-22(26)21(15-20-9-5-6-14-24-20)18-10-12-19(23)13-11-18/h2-14,16,21H,15H2,1H3,(H,25,26). The zero-order valence-corrected chi connectivity index (χ0v) is 14.6. The van der Waals surface area contributed by atoms with Gasteiger partial charge in [-0.2, -0.15) is 0 Å². The molecule has 0 fully saturated rings. The van der Waals surface area contributed by atoms with Gasteiger partial charge < -0.3 is 5.32 Å². The van der Waals surface area contributed by atoms with Crippen LogP contribution in [0.3, 0.4) is 0 Å². The number of carbonyl (C=O) groups excluding carboxylic acids is 1. The predicted molar refractivity (Wildman–Crippen MR) is 100 cm³/mol. The number of benzene rings is 2. The Hall–Kier alpha value is -3.01. The Kier molecular flexibility index (Phi) is 5.74. The number of hydrogen-bond donors (Lipinski definition) is 1. The SMILES string of the molecule is CC(NC(=O)C(Cc1ccccn1)c1ccc(F)cc1)c1ccccc1. The molecule has 1 heterocycles. The Morgan fingerprint density at radius 3 is 2.31 bits per heavy atom. The number of aromatic nitrogens is 1. The van der Waals surface area contributed by atoms with Crippen molar-refractivity contribution in [3.8, 4) is 0 Å². The molecule has 4 heteroatoms. The molecule has 0 aliphatic heterocycles. The summed E-state index contributed by atoms with van der Waals surface area (Å²) >= 11 is 0. The molecule has 2 unspecified atom stereocenters. The summed E-state index contributed by atoms with van der Waals surface area (Å²) in [7, 11) is 0. The minimum Gasteiger partial charge on any atom is -0.349 e. The number of nitrogens with one attached hydrogen (secondary N) is 1. The molecule has 2 atom stereocenters. The summed E-state index contributed by atoms with van der Waals surface area (Å²) in [6.07, 6.45) is 2.17. The predicted octanol–water partition coefficient (Wildman–Crippen LogP) is 4.42. The summed E-state index contributed by atoms with van der Waals surface area (Å²) in [6, 6.07) is 21.4. The molecule has 0 saturated carbocycles. The van der Waals surface area contributed by atoms with E-state index in [4.69, 9.17) is 0 Å². The van der Waals surface area contributed by atoms with E-state index in [1.165, 1.54) is 12.1 Å². The van der Waals surface area contributed by atoms with Crippen LogP contribution in [0.4, 0.5) is 4.39 Å². The zero-order chi connectivity index (χ0) is 18.4. The minimum absolute atomic E-state index is 0.0985. The lowest BCUT2D eigenvalue weighted by atomic mass is 9.92. The van der Waals surface area contributed by atoms with Crippen molar-refractivity contribution in [3.05, 3.63) is 102 Å². The third-order valence-electron chi connectivity index (χ3n) is 4.39. The second kappa shape index (κ2) is 8.39. The average Bonchev–Trinajstić information content (AvgIpc) is 2.68. The van der Waals surface area contributed by atoms with Gasteiger partial charge in [-0.3, -0.25) is 9.78 Å². The first-order valence-corrected chi connectivity index (χ1v) is 8.64. The largest absolute Gasteiger partial charge is 0.349 e. The van der Waals surface area contributed by atoms with Gasteiger partial charge in [-0.1, -0.05) is 48.5 Å². The quantitative estimate of drug-likeness (QED) is 0.716. The normalized spacial score (nSPS) is 13.0. The molecule has 3 aromatic rings. The molecule has 1 aromatic heterocycles. The van der Waals surface area contributed by atoms with E-state index in [0.29, 0.717) is 6.42 Å². The first kappa shape index (κ1) is 17.8. The van der Waals surface area contributed by atoms with Crippen LogP contribution in [-0.2, 0) is 11.2 Å². The minimum atomic E-state index is -0.434. The highest BCUT2D eigenvalue weighted by molar-refractivity contribution is 5.84. The summed E-state index contributed by atoms with van der Waals surface area (Å²) in [5, 5.41) is 3.07. The van der Waals surface area contributed by atoms with Gasteiger partial charge >= 0.3 is 0 Å². The number of halogens is 1. The zero-order valence-electron chi connectivity index (χ0n) is 14.6. The number of carbonyl (C=O) groups is 1. The lowest BCUT2D eigenvalue weighted by Gasteiger charge is -2.21. The molecule has 3 rings (SSSR count). The van der Waals surface area contributed by atoms with Crippen molar-refractivity contribution in [2.75, 3.05) is 0 Å². The smallest absolute Gasteiger partial charge is 0.228 e. The first-order chi connectivity index (χ1) is 12.6. The summed E-state index contributed by atoms with van der Waals surface area (Å²) in [6.45, 7) is 1.95. The van der Waals surface area contributed by atoms with Crippen LogP contribution in [0.25, 0.3) is 0 Å². The molecule has 0 aliphatic rings.